The minimum absolute atomic E-state index is 0.311. The molecule has 0 amide bonds. The van der Waals surface area contributed by atoms with Gasteiger partial charge in [0, 0.05) is 16.2 Å². The Balaban J connectivity index is 2.34. The zero-order valence-corrected chi connectivity index (χ0v) is 13.2. The van der Waals surface area contributed by atoms with E-state index in [9.17, 15) is 0 Å². The van der Waals surface area contributed by atoms with Crippen molar-refractivity contribution in [2.75, 3.05) is 6.61 Å². The minimum Gasteiger partial charge on any atom is -0.492 e. The zero-order chi connectivity index (χ0) is 15.2. The zero-order valence-electron chi connectivity index (χ0n) is 11.6. The van der Waals surface area contributed by atoms with Crippen molar-refractivity contribution in [1.29, 1.82) is 0 Å². The van der Waals surface area contributed by atoms with Crippen molar-refractivity contribution >= 4 is 23.2 Å². The highest BCUT2D eigenvalue weighted by Gasteiger charge is 2.17. The lowest BCUT2D eigenvalue weighted by molar-refractivity contribution is 0.315. The highest BCUT2D eigenvalue weighted by Crippen LogP contribution is 2.31. The number of hydrogen-bond acceptors (Lipinski definition) is 4. The molecule has 2 rings (SSSR count). The molecule has 1 heterocycles. The molecule has 1 aromatic carbocycles. The van der Waals surface area contributed by atoms with E-state index in [0.717, 1.165) is 17.5 Å². The molecule has 0 saturated heterocycles. The average molecular weight is 326 g/mol. The molecule has 1 aromatic heterocycles. The van der Waals surface area contributed by atoms with Crippen LogP contribution in [-0.2, 0) is 0 Å². The third-order valence-electron chi connectivity index (χ3n) is 2.98. The lowest BCUT2D eigenvalue weighted by Gasteiger charge is -2.19. The summed E-state index contributed by atoms with van der Waals surface area (Å²) in [5.74, 6) is 6.39. The summed E-state index contributed by atoms with van der Waals surface area (Å²) < 4.78 is 5.59. The Kier molecular flexibility index (Phi) is 5.82. The van der Waals surface area contributed by atoms with Gasteiger partial charge in [0.25, 0.3) is 0 Å². The van der Waals surface area contributed by atoms with Gasteiger partial charge in [0.1, 0.15) is 5.75 Å². The minimum atomic E-state index is -0.311. The van der Waals surface area contributed by atoms with Crippen molar-refractivity contribution in [1.82, 2.24) is 10.4 Å². The lowest BCUT2D eigenvalue weighted by Crippen LogP contribution is -2.29. The maximum Gasteiger partial charge on any atom is 0.137 e. The van der Waals surface area contributed by atoms with E-state index in [1.807, 2.05) is 13.0 Å². The van der Waals surface area contributed by atoms with E-state index in [-0.39, 0.29) is 6.04 Å². The summed E-state index contributed by atoms with van der Waals surface area (Å²) in [7, 11) is 0. The quantitative estimate of drug-likeness (QED) is 0.627. The Morgan fingerprint density at radius 2 is 2.10 bits per heavy atom. The second-order valence-electron chi connectivity index (χ2n) is 4.57. The molecule has 112 valence electrons. The number of rotatable bonds is 6. The standard InChI is InChI=1S/C15H17Cl2N3O/c1-2-5-21-12-6-10(8-19-9-12)15(20-18)13-7-11(16)3-4-14(13)17/h3-4,6-9,15,20H,2,5,18H2,1H3. The van der Waals surface area contributed by atoms with Crippen LogP contribution in [0.15, 0.2) is 36.7 Å². The Labute approximate surface area is 134 Å². The van der Waals surface area contributed by atoms with Crippen LogP contribution in [0.2, 0.25) is 10.0 Å². The number of aromatic nitrogens is 1. The van der Waals surface area contributed by atoms with E-state index in [4.69, 9.17) is 33.8 Å². The van der Waals surface area contributed by atoms with Gasteiger partial charge in [-0.25, -0.2) is 5.43 Å². The first-order valence-electron chi connectivity index (χ1n) is 6.64. The van der Waals surface area contributed by atoms with Gasteiger partial charge >= 0.3 is 0 Å². The summed E-state index contributed by atoms with van der Waals surface area (Å²) in [6.45, 7) is 2.69. The Bertz CT molecular complexity index is 607. The van der Waals surface area contributed by atoms with Crippen molar-refractivity contribution in [3.63, 3.8) is 0 Å². The Morgan fingerprint density at radius 3 is 2.81 bits per heavy atom. The van der Waals surface area contributed by atoms with Crippen molar-refractivity contribution in [3.05, 3.63) is 57.8 Å². The second kappa shape index (κ2) is 7.61. The van der Waals surface area contributed by atoms with Gasteiger partial charge in [-0.3, -0.25) is 10.8 Å². The Hall–Kier alpha value is -1.33. The fraction of sp³-hybridized carbons (Fsp3) is 0.267. The van der Waals surface area contributed by atoms with Gasteiger partial charge in [-0.05, 0) is 41.8 Å². The monoisotopic (exact) mass is 325 g/mol. The summed E-state index contributed by atoms with van der Waals surface area (Å²) in [5, 5.41) is 1.18. The number of nitrogens with two attached hydrogens (primary N) is 1. The first-order chi connectivity index (χ1) is 10.2. The van der Waals surface area contributed by atoms with Crippen molar-refractivity contribution in [2.24, 2.45) is 5.84 Å². The summed E-state index contributed by atoms with van der Waals surface area (Å²) in [6.07, 6.45) is 4.33. The average Bonchev–Trinajstić information content (AvgIpc) is 2.50. The number of hydrogen-bond donors (Lipinski definition) is 2. The first kappa shape index (κ1) is 16.0. The van der Waals surface area contributed by atoms with Crippen molar-refractivity contribution in [2.45, 2.75) is 19.4 Å². The number of nitrogens with one attached hydrogen (secondary N) is 1. The van der Waals surface area contributed by atoms with E-state index < -0.39 is 0 Å². The van der Waals surface area contributed by atoms with Crippen LogP contribution in [0.1, 0.15) is 30.5 Å². The van der Waals surface area contributed by atoms with Crippen LogP contribution in [0.5, 0.6) is 5.75 Å². The molecule has 2 aromatic rings. The normalized spacial score (nSPS) is 12.2. The van der Waals surface area contributed by atoms with Gasteiger partial charge in [0.2, 0.25) is 0 Å². The molecular weight excluding hydrogens is 309 g/mol. The van der Waals surface area contributed by atoms with Gasteiger partial charge in [0.15, 0.2) is 0 Å². The molecule has 0 bridgehead atoms. The molecule has 21 heavy (non-hydrogen) atoms. The van der Waals surface area contributed by atoms with Gasteiger partial charge in [-0.1, -0.05) is 30.1 Å². The molecule has 0 fully saturated rings. The summed E-state index contributed by atoms with van der Waals surface area (Å²) in [4.78, 5) is 4.19. The highest BCUT2D eigenvalue weighted by atomic mass is 35.5. The van der Waals surface area contributed by atoms with Crippen LogP contribution in [-0.4, -0.2) is 11.6 Å². The van der Waals surface area contributed by atoms with Gasteiger partial charge < -0.3 is 4.74 Å². The van der Waals surface area contributed by atoms with Crippen LogP contribution in [0.4, 0.5) is 0 Å². The highest BCUT2D eigenvalue weighted by molar-refractivity contribution is 6.33. The molecule has 0 aliphatic rings. The van der Waals surface area contributed by atoms with Crippen LogP contribution >= 0.6 is 23.2 Å². The molecular formula is C15H17Cl2N3O. The van der Waals surface area contributed by atoms with Crippen LogP contribution in [0.25, 0.3) is 0 Å². The van der Waals surface area contributed by atoms with Gasteiger partial charge in [0.05, 0.1) is 18.8 Å². The van der Waals surface area contributed by atoms with E-state index >= 15 is 0 Å². The molecule has 3 N–H and O–H groups in total. The third kappa shape index (κ3) is 4.08. The van der Waals surface area contributed by atoms with Gasteiger partial charge in [-0.2, -0.15) is 0 Å². The predicted molar refractivity (Wildman–Crippen MR) is 85.7 cm³/mol. The number of benzene rings is 1. The Morgan fingerprint density at radius 1 is 1.29 bits per heavy atom. The second-order valence-corrected chi connectivity index (χ2v) is 5.41. The van der Waals surface area contributed by atoms with E-state index in [2.05, 4.69) is 10.4 Å². The molecule has 1 atom stereocenters. The molecule has 1 unspecified atom stereocenters. The maximum absolute atomic E-state index is 6.24. The van der Waals surface area contributed by atoms with E-state index in [1.54, 1.807) is 30.6 Å². The molecule has 0 spiro atoms. The predicted octanol–water partition coefficient (Wildman–Crippen LogP) is 3.73. The number of pyridine rings is 1. The molecule has 6 heteroatoms. The molecule has 0 saturated carbocycles. The molecule has 4 nitrogen and oxygen atoms in total. The van der Waals surface area contributed by atoms with Crippen molar-refractivity contribution < 1.29 is 4.74 Å². The third-order valence-corrected chi connectivity index (χ3v) is 3.56. The number of halogens is 2. The first-order valence-corrected chi connectivity index (χ1v) is 7.40. The smallest absolute Gasteiger partial charge is 0.137 e. The maximum atomic E-state index is 6.24. The fourth-order valence-corrected chi connectivity index (χ4v) is 2.40. The fourth-order valence-electron chi connectivity index (χ4n) is 1.99. The number of nitrogens with zero attached hydrogens (tertiary/aromatic N) is 1. The van der Waals surface area contributed by atoms with Crippen LogP contribution in [0.3, 0.4) is 0 Å². The molecule has 0 radical (unpaired) electrons. The molecule has 0 aliphatic heterocycles. The number of hydrazine groups is 1. The topological polar surface area (TPSA) is 60.2 Å². The largest absolute Gasteiger partial charge is 0.492 e. The summed E-state index contributed by atoms with van der Waals surface area (Å²) in [5.41, 5.74) is 4.40. The summed E-state index contributed by atoms with van der Waals surface area (Å²) >= 11 is 12.3. The molecule has 0 aliphatic carbocycles. The van der Waals surface area contributed by atoms with Crippen LogP contribution in [0, 0.1) is 0 Å². The summed E-state index contributed by atoms with van der Waals surface area (Å²) in [6, 6.07) is 6.85. The van der Waals surface area contributed by atoms with Crippen LogP contribution < -0.4 is 16.0 Å². The SMILES string of the molecule is CCCOc1cncc(C(NN)c2cc(Cl)ccc2Cl)c1. The van der Waals surface area contributed by atoms with Gasteiger partial charge in [-0.15, -0.1) is 0 Å². The lowest BCUT2D eigenvalue weighted by atomic mass is 10.0. The number of ether oxygens (including phenoxy) is 1. The van der Waals surface area contributed by atoms with Crippen molar-refractivity contribution in [3.8, 4) is 5.75 Å². The van der Waals surface area contributed by atoms with E-state index in [1.165, 1.54) is 0 Å². The van der Waals surface area contributed by atoms with E-state index in [0.29, 0.717) is 22.4 Å².